The minimum Gasteiger partial charge on any atom is -0.481 e. The molecule has 5 rings (SSSR count). The fourth-order valence-electron chi connectivity index (χ4n) is 3.99. The molecule has 0 radical (unpaired) electrons. The van der Waals surface area contributed by atoms with Crippen molar-refractivity contribution in [3.63, 3.8) is 0 Å². The first-order valence-electron chi connectivity index (χ1n) is 10.0. The third kappa shape index (κ3) is 3.66. The molecule has 0 atom stereocenters. The number of aromatic nitrogens is 4. The lowest BCUT2D eigenvalue weighted by molar-refractivity contribution is -0.137. The number of rotatable bonds is 6. The monoisotopic (exact) mass is 414 g/mol. The minimum absolute atomic E-state index is 0.0953. The number of hydrogen-bond donors (Lipinski definition) is 3. The molecule has 0 bridgehead atoms. The smallest absolute Gasteiger partial charge is 0.303 e. The second-order valence-electron chi connectivity index (χ2n) is 7.52. The van der Waals surface area contributed by atoms with Crippen molar-refractivity contribution in [3.8, 4) is 22.4 Å². The predicted molar refractivity (Wildman–Crippen MR) is 117 cm³/mol. The number of carbonyl (C=O) groups is 1. The molecule has 3 N–H and O–H groups in total. The molecule has 5 aromatic rings. The van der Waals surface area contributed by atoms with E-state index >= 15 is 0 Å². The van der Waals surface area contributed by atoms with Crippen LogP contribution in [0.3, 0.4) is 0 Å². The van der Waals surface area contributed by atoms with E-state index in [2.05, 4.69) is 26.5 Å². The fraction of sp³-hybridized carbons (Fsp3) is 0.125. The zero-order valence-corrected chi connectivity index (χ0v) is 16.5. The summed E-state index contributed by atoms with van der Waals surface area (Å²) in [5.74, 6) is -1.11. The molecule has 3 aromatic carbocycles. The molecule has 0 aliphatic heterocycles. The Balaban J connectivity index is 1.62. The van der Waals surface area contributed by atoms with E-state index in [0.717, 1.165) is 49.9 Å². The normalized spacial score (nSPS) is 11.4. The molecule has 7 heteroatoms. The zero-order chi connectivity index (χ0) is 21.4. The Bertz CT molecular complexity index is 1400. The maximum absolute atomic E-state index is 13.4. The molecule has 0 unspecified atom stereocenters. The topological polar surface area (TPSA) is 94.7 Å². The number of carboxylic acid groups (broad SMARTS) is 1. The summed E-state index contributed by atoms with van der Waals surface area (Å²) in [7, 11) is 0. The average molecular weight is 414 g/mol. The number of hydrogen-bond acceptors (Lipinski definition) is 3. The van der Waals surface area contributed by atoms with Crippen LogP contribution in [0, 0.1) is 5.82 Å². The Morgan fingerprint density at radius 1 is 0.903 bits per heavy atom. The first-order chi connectivity index (χ1) is 15.1. The summed E-state index contributed by atoms with van der Waals surface area (Å²) in [6.07, 6.45) is 1.22. The first-order valence-corrected chi connectivity index (χ1v) is 10.0. The third-order valence-electron chi connectivity index (χ3n) is 5.51. The summed E-state index contributed by atoms with van der Waals surface area (Å²) in [5.41, 5.74) is 7.40. The molecule has 0 amide bonds. The van der Waals surface area contributed by atoms with E-state index in [4.69, 9.17) is 5.11 Å². The van der Waals surface area contributed by atoms with Gasteiger partial charge in [-0.05, 0) is 83.6 Å². The Labute approximate surface area is 176 Å². The molecule has 31 heavy (non-hydrogen) atoms. The lowest BCUT2D eigenvalue weighted by atomic mass is 9.97. The van der Waals surface area contributed by atoms with E-state index in [9.17, 15) is 9.18 Å². The number of halogens is 1. The molecule has 2 heterocycles. The van der Waals surface area contributed by atoms with Crippen molar-refractivity contribution in [3.05, 3.63) is 72.0 Å². The maximum atomic E-state index is 13.4. The number of aromatic amines is 2. The number of aryl methyl sites for hydroxylation is 1. The maximum Gasteiger partial charge on any atom is 0.303 e. The average Bonchev–Trinajstić information content (AvgIpc) is 3.38. The molecule has 0 saturated heterocycles. The first kappa shape index (κ1) is 19.0. The molecule has 2 aromatic heterocycles. The van der Waals surface area contributed by atoms with Crippen molar-refractivity contribution < 1.29 is 14.3 Å². The van der Waals surface area contributed by atoms with Crippen molar-refractivity contribution >= 4 is 27.9 Å². The number of H-pyrrole nitrogens is 2. The van der Waals surface area contributed by atoms with Gasteiger partial charge in [-0.3, -0.25) is 4.79 Å². The van der Waals surface area contributed by atoms with Gasteiger partial charge in [-0.15, -0.1) is 0 Å². The number of fused-ring (bicyclic) bond motifs is 2. The molecule has 0 aliphatic carbocycles. The molecule has 0 aliphatic rings. The Kier molecular flexibility index (Phi) is 4.71. The van der Waals surface area contributed by atoms with Crippen LogP contribution in [0.15, 0.2) is 60.7 Å². The van der Waals surface area contributed by atoms with Crippen molar-refractivity contribution in [1.82, 2.24) is 20.4 Å². The summed E-state index contributed by atoms with van der Waals surface area (Å²) in [6.45, 7) is 0. The quantitative estimate of drug-likeness (QED) is 0.350. The molecule has 6 nitrogen and oxygen atoms in total. The van der Waals surface area contributed by atoms with E-state index in [0.29, 0.717) is 12.8 Å². The predicted octanol–water partition coefficient (Wildman–Crippen LogP) is 5.32. The highest BCUT2D eigenvalue weighted by molar-refractivity contribution is 5.94. The van der Waals surface area contributed by atoms with Gasteiger partial charge in [0.1, 0.15) is 16.9 Å². The van der Waals surface area contributed by atoms with Crippen LogP contribution >= 0.6 is 0 Å². The number of nitrogens with zero attached hydrogens (tertiary/aromatic N) is 2. The zero-order valence-electron chi connectivity index (χ0n) is 16.5. The SMILES string of the molecule is O=C(O)CCCc1c(-c2ccc(F)cc2)[nH]c2ccc(-c3ccc4n[nH]nc4c3)cc12. The largest absolute Gasteiger partial charge is 0.481 e. The fourth-order valence-corrected chi connectivity index (χ4v) is 3.99. The number of benzene rings is 3. The molecular weight excluding hydrogens is 395 g/mol. The van der Waals surface area contributed by atoms with Gasteiger partial charge in [0.15, 0.2) is 0 Å². The Morgan fingerprint density at radius 3 is 2.42 bits per heavy atom. The van der Waals surface area contributed by atoms with Gasteiger partial charge in [-0.25, -0.2) is 4.39 Å². The van der Waals surface area contributed by atoms with Crippen LogP contribution in [0.4, 0.5) is 4.39 Å². The highest BCUT2D eigenvalue weighted by atomic mass is 19.1. The lowest BCUT2D eigenvalue weighted by Gasteiger charge is -2.06. The highest BCUT2D eigenvalue weighted by Crippen LogP contribution is 2.35. The standard InChI is InChI=1S/C24H19FN4O2/c25-17-8-4-14(5-9-17)24-18(2-1-3-23(30)31)19-12-15(6-10-20(19)26-24)16-7-11-21-22(13-16)28-29-27-21/h4-13,26H,1-3H2,(H,30,31)(H,27,28,29). The Morgan fingerprint density at radius 2 is 1.61 bits per heavy atom. The third-order valence-corrected chi connectivity index (χ3v) is 5.51. The van der Waals surface area contributed by atoms with Crippen LogP contribution in [0.25, 0.3) is 44.3 Å². The second-order valence-corrected chi connectivity index (χ2v) is 7.52. The summed E-state index contributed by atoms with van der Waals surface area (Å²) in [6, 6.07) is 18.4. The minimum atomic E-state index is -0.815. The van der Waals surface area contributed by atoms with Crippen molar-refractivity contribution in [1.29, 1.82) is 0 Å². The Hall–Kier alpha value is -4.00. The van der Waals surface area contributed by atoms with Crippen molar-refractivity contribution in [2.24, 2.45) is 0 Å². The highest BCUT2D eigenvalue weighted by Gasteiger charge is 2.15. The molecule has 154 valence electrons. The van der Waals surface area contributed by atoms with Crippen LogP contribution in [0.1, 0.15) is 18.4 Å². The lowest BCUT2D eigenvalue weighted by Crippen LogP contribution is -1.96. The second kappa shape index (κ2) is 7.68. The molecule has 0 spiro atoms. The van der Waals surface area contributed by atoms with Crippen LogP contribution in [0.5, 0.6) is 0 Å². The van der Waals surface area contributed by atoms with E-state index in [1.54, 1.807) is 12.1 Å². The van der Waals surface area contributed by atoms with Gasteiger partial charge in [0.25, 0.3) is 0 Å². The molecule has 0 saturated carbocycles. The summed E-state index contributed by atoms with van der Waals surface area (Å²) < 4.78 is 13.4. The molecule has 0 fully saturated rings. The van der Waals surface area contributed by atoms with Gasteiger partial charge >= 0.3 is 5.97 Å². The van der Waals surface area contributed by atoms with Gasteiger partial charge in [0, 0.05) is 23.0 Å². The number of aliphatic carboxylic acids is 1. The summed E-state index contributed by atoms with van der Waals surface area (Å²) in [5, 5.41) is 21.0. The molecular formula is C24H19FN4O2. The van der Waals surface area contributed by atoms with Crippen molar-refractivity contribution in [2.75, 3.05) is 0 Å². The summed E-state index contributed by atoms with van der Waals surface area (Å²) >= 11 is 0. The number of carboxylic acids is 1. The number of nitrogens with one attached hydrogen (secondary N) is 2. The van der Waals surface area contributed by atoms with E-state index in [-0.39, 0.29) is 12.2 Å². The van der Waals surface area contributed by atoms with Crippen LogP contribution < -0.4 is 0 Å². The van der Waals surface area contributed by atoms with E-state index in [1.807, 2.05) is 30.3 Å². The van der Waals surface area contributed by atoms with Gasteiger partial charge in [-0.1, -0.05) is 12.1 Å². The van der Waals surface area contributed by atoms with Gasteiger partial charge in [0.2, 0.25) is 0 Å². The van der Waals surface area contributed by atoms with Crippen molar-refractivity contribution in [2.45, 2.75) is 19.3 Å². The van der Waals surface area contributed by atoms with Crippen LogP contribution in [-0.2, 0) is 11.2 Å². The van der Waals surface area contributed by atoms with Crippen LogP contribution in [-0.4, -0.2) is 31.5 Å². The van der Waals surface area contributed by atoms with Gasteiger partial charge < -0.3 is 10.1 Å². The van der Waals surface area contributed by atoms with Gasteiger partial charge in [-0.2, -0.15) is 15.4 Å². The van der Waals surface area contributed by atoms with E-state index in [1.165, 1.54) is 12.1 Å². The summed E-state index contributed by atoms with van der Waals surface area (Å²) in [4.78, 5) is 14.5. The van der Waals surface area contributed by atoms with Crippen LogP contribution in [0.2, 0.25) is 0 Å². The van der Waals surface area contributed by atoms with Gasteiger partial charge in [0.05, 0.1) is 0 Å². The van der Waals surface area contributed by atoms with E-state index < -0.39 is 5.97 Å².